The minimum Gasteiger partial charge on any atom is -0.389 e. The second-order valence-electron chi connectivity index (χ2n) is 5.57. The van der Waals surface area contributed by atoms with Crippen LogP contribution in [0.1, 0.15) is 27.2 Å². The summed E-state index contributed by atoms with van der Waals surface area (Å²) in [6.07, 6.45) is -0.601. The van der Waals surface area contributed by atoms with Crippen LogP contribution in [0.3, 0.4) is 0 Å². The summed E-state index contributed by atoms with van der Waals surface area (Å²) in [5, 5.41) is 12.4. The molecule has 1 fully saturated rings. The molecule has 0 radical (unpaired) electrons. The molecule has 1 saturated heterocycles. The van der Waals surface area contributed by atoms with E-state index in [1.807, 2.05) is 20.8 Å². The van der Waals surface area contributed by atoms with E-state index in [0.717, 1.165) is 0 Å². The van der Waals surface area contributed by atoms with Gasteiger partial charge in [-0.25, -0.2) is 0 Å². The van der Waals surface area contributed by atoms with Gasteiger partial charge in [0.15, 0.2) is 0 Å². The first-order valence-electron chi connectivity index (χ1n) is 5.61. The first-order valence-corrected chi connectivity index (χ1v) is 5.61. The van der Waals surface area contributed by atoms with Crippen LogP contribution in [0.4, 0.5) is 0 Å². The Kier molecular flexibility index (Phi) is 4.29. The number of hydrogen-bond donors (Lipinski definition) is 3. The van der Waals surface area contributed by atoms with Crippen molar-refractivity contribution < 1.29 is 14.6 Å². The van der Waals surface area contributed by atoms with Crippen LogP contribution in [0.5, 0.6) is 0 Å². The summed E-state index contributed by atoms with van der Waals surface area (Å²) in [4.78, 5) is 11.5. The average Bonchev–Trinajstić information content (AvgIpc) is 2.42. The number of nitrogens with one attached hydrogen (secondary N) is 1. The lowest BCUT2D eigenvalue weighted by Crippen LogP contribution is -2.42. The summed E-state index contributed by atoms with van der Waals surface area (Å²) in [6, 6.07) is -0.343. The van der Waals surface area contributed by atoms with Gasteiger partial charge in [-0.15, -0.1) is 0 Å². The lowest BCUT2D eigenvalue weighted by Gasteiger charge is -2.19. The Balaban J connectivity index is 2.27. The molecule has 16 heavy (non-hydrogen) atoms. The van der Waals surface area contributed by atoms with Gasteiger partial charge >= 0.3 is 0 Å². The third-order valence-corrected chi connectivity index (χ3v) is 2.51. The third kappa shape index (κ3) is 4.08. The number of ether oxygens (including phenoxy) is 1. The van der Waals surface area contributed by atoms with E-state index in [9.17, 15) is 9.90 Å². The van der Waals surface area contributed by atoms with Gasteiger partial charge in [0.2, 0.25) is 5.91 Å². The van der Waals surface area contributed by atoms with Crippen LogP contribution in [0.15, 0.2) is 0 Å². The van der Waals surface area contributed by atoms with Crippen LogP contribution in [0.2, 0.25) is 0 Å². The van der Waals surface area contributed by atoms with E-state index in [4.69, 9.17) is 10.5 Å². The molecule has 94 valence electrons. The van der Waals surface area contributed by atoms with Gasteiger partial charge < -0.3 is 20.9 Å². The van der Waals surface area contributed by atoms with Crippen molar-refractivity contribution in [2.24, 2.45) is 11.1 Å². The van der Waals surface area contributed by atoms with E-state index >= 15 is 0 Å². The van der Waals surface area contributed by atoms with Crippen LogP contribution in [0, 0.1) is 5.41 Å². The van der Waals surface area contributed by atoms with Gasteiger partial charge in [-0.2, -0.15) is 0 Å². The fourth-order valence-electron chi connectivity index (χ4n) is 1.65. The molecule has 0 bridgehead atoms. The molecule has 0 aromatic carbocycles. The molecule has 5 nitrogen and oxygen atoms in total. The lowest BCUT2D eigenvalue weighted by molar-refractivity contribution is -0.123. The molecule has 3 atom stereocenters. The highest BCUT2D eigenvalue weighted by molar-refractivity contribution is 5.76. The quantitative estimate of drug-likeness (QED) is 0.617. The molecular formula is C11H22N2O3. The summed E-state index contributed by atoms with van der Waals surface area (Å²) >= 11 is 0. The van der Waals surface area contributed by atoms with Crippen molar-refractivity contribution in [2.45, 2.75) is 45.4 Å². The Morgan fingerprint density at radius 3 is 2.62 bits per heavy atom. The SMILES string of the molecule is CC(C)(C)CC(=O)NC[C@@H]1OC[C@H](N)[C@H]1O. The normalized spacial score (nSPS) is 30.4. The molecular weight excluding hydrogens is 208 g/mol. The second kappa shape index (κ2) is 5.12. The van der Waals surface area contributed by atoms with Crippen LogP contribution in [-0.2, 0) is 9.53 Å². The Bertz CT molecular complexity index is 250. The standard InChI is InChI=1S/C11H22N2O3/c1-11(2,3)4-9(14)13-5-8-10(15)7(12)6-16-8/h7-8,10,15H,4-6,12H2,1-3H3,(H,13,14)/t7-,8-,10+/m0/s1. The fourth-order valence-corrected chi connectivity index (χ4v) is 1.65. The van der Waals surface area contributed by atoms with E-state index < -0.39 is 6.10 Å². The molecule has 1 aliphatic heterocycles. The predicted molar refractivity (Wildman–Crippen MR) is 60.8 cm³/mol. The number of carbonyl (C=O) groups is 1. The van der Waals surface area contributed by atoms with E-state index in [1.54, 1.807) is 0 Å². The van der Waals surface area contributed by atoms with Gasteiger partial charge in [0.05, 0.1) is 18.8 Å². The smallest absolute Gasteiger partial charge is 0.220 e. The monoisotopic (exact) mass is 230 g/mol. The largest absolute Gasteiger partial charge is 0.389 e. The molecule has 0 unspecified atom stereocenters. The third-order valence-electron chi connectivity index (χ3n) is 2.51. The van der Waals surface area contributed by atoms with Gasteiger partial charge in [-0.3, -0.25) is 4.79 Å². The minimum absolute atomic E-state index is 0.0243. The molecule has 4 N–H and O–H groups in total. The molecule has 0 saturated carbocycles. The number of rotatable bonds is 3. The molecule has 5 heteroatoms. The van der Waals surface area contributed by atoms with E-state index in [-0.39, 0.29) is 23.5 Å². The van der Waals surface area contributed by atoms with Crippen molar-refractivity contribution in [2.75, 3.05) is 13.2 Å². The number of hydrogen-bond acceptors (Lipinski definition) is 4. The van der Waals surface area contributed by atoms with E-state index in [1.165, 1.54) is 0 Å². The predicted octanol–water partition coefficient (Wildman–Crippen LogP) is -0.374. The average molecular weight is 230 g/mol. The second-order valence-corrected chi connectivity index (χ2v) is 5.57. The van der Waals surface area contributed by atoms with Crippen LogP contribution < -0.4 is 11.1 Å². The fraction of sp³-hybridized carbons (Fsp3) is 0.909. The zero-order valence-electron chi connectivity index (χ0n) is 10.2. The van der Waals surface area contributed by atoms with Crippen molar-refractivity contribution in [1.29, 1.82) is 0 Å². The van der Waals surface area contributed by atoms with Crippen molar-refractivity contribution in [3.05, 3.63) is 0 Å². The van der Waals surface area contributed by atoms with Crippen molar-refractivity contribution >= 4 is 5.91 Å². The molecule has 1 heterocycles. The number of amides is 1. The molecule has 1 rings (SSSR count). The summed E-state index contributed by atoms with van der Waals surface area (Å²) in [7, 11) is 0. The summed E-state index contributed by atoms with van der Waals surface area (Å²) in [5.74, 6) is -0.0243. The molecule has 1 amide bonds. The van der Waals surface area contributed by atoms with Crippen LogP contribution in [0.25, 0.3) is 0 Å². The maximum Gasteiger partial charge on any atom is 0.220 e. The topological polar surface area (TPSA) is 84.6 Å². The highest BCUT2D eigenvalue weighted by atomic mass is 16.5. The molecule has 0 aliphatic carbocycles. The minimum atomic E-state index is -0.685. The van der Waals surface area contributed by atoms with Gasteiger partial charge in [0.25, 0.3) is 0 Å². The maximum atomic E-state index is 11.5. The van der Waals surface area contributed by atoms with Crippen LogP contribution >= 0.6 is 0 Å². The molecule has 1 aliphatic rings. The molecule has 0 aromatic rings. The van der Waals surface area contributed by atoms with Crippen molar-refractivity contribution in [3.63, 3.8) is 0 Å². The maximum absolute atomic E-state index is 11.5. The number of carbonyl (C=O) groups excluding carboxylic acids is 1. The van der Waals surface area contributed by atoms with Gasteiger partial charge in [0.1, 0.15) is 6.10 Å². The molecule has 0 aromatic heterocycles. The highest BCUT2D eigenvalue weighted by Gasteiger charge is 2.33. The summed E-state index contributed by atoms with van der Waals surface area (Å²) < 4.78 is 5.27. The van der Waals surface area contributed by atoms with Gasteiger partial charge in [-0.05, 0) is 5.41 Å². The van der Waals surface area contributed by atoms with Crippen molar-refractivity contribution in [3.8, 4) is 0 Å². The Morgan fingerprint density at radius 2 is 2.19 bits per heavy atom. The van der Waals surface area contributed by atoms with Crippen molar-refractivity contribution in [1.82, 2.24) is 5.32 Å². The number of aliphatic hydroxyl groups is 1. The zero-order valence-corrected chi connectivity index (χ0v) is 10.2. The highest BCUT2D eigenvalue weighted by Crippen LogP contribution is 2.18. The number of aliphatic hydroxyl groups excluding tert-OH is 1. The summed E-state index contributed by atoms with van der Waals surface area (Å²) in [5.41, 5.74) is 5.56. The Hall–Kier alpha value is -0.650. The number of nitrogens with two attached hydrogens (primary N) is 1. The first-order chi connectivity index (χ1) is 7.29. The first kappa shape index (κ1) is 13.4. The van der Waals surface area contributed by atoms with E-state index in [0.29, 0.717) is 19.6 Å². The summed E-state index contributed by atoms with van der Waals surface area (Å²) in [6.45, 7) is 6.68. The molecule has 0 spiro atoms. The Morgan fingerprint density at radius 1 is 1.56 bits per heavy atom. The zero-order chi connectivity index (χ0) is 12.3. The lowest BCUT2D eigenvalue weighted by atomic mass is 9.92. The van der Waals surface area contributed by atoms with E-state index in [2.05, 4.69) is 5.32 Å². The Labute approximate surface area is 96.3 Å². The van der Waals surface area contributed by atoms with Gasteiger partial charge in [-0.1, -0.05) is 20.8 Å². The van der Waals surface area contributed by atoms with Gasteiger partial charge in [0, 0.05) is 13.0 Å². The van der Waals surface area contributed by atoms with Crippen LogP contribution in [-0.4, -0.2) is 42.4 Å².